The van der Waals surface area contributed by atoms with Crippen molar-refractivity contribution in [2.24, 2.45) is 4.99 Å². The number of amides is 1. The summed E-state index contributed by atoms with van der Waals surface area (Å²) >= 11 is 6.20. The lowest BCUT2D eigenvalue weighted by atomic mass is 9.87. The van der Waals surface area contributed by atoms with Crippen LogP contribution in [0.25, 0.3) is 0 Å². The fourth-order valence-electron chi connectivity index (χ4n) is 4.31. The summed E-state index contributed by atoms with van der Waals surface area (Å²) in [6.07, 6.45) is 1.33. The number of hydrogen-bond donors (Lipinski definition) is 3. The predicted molar refractivity (Wildman–Crippen MR) is 119 cm³/mol. The van der Waals surface area contributed by atoms with Gasteiger partial charge in [-0.15, -0.1) is 0 Å². The number of hydrogen-bond acceptors (Lipinski definition) is 6. The Morgan fingerprint density at radius 2 is 1.97 bits per heavy atom. The van der Waals surface area contributed by atoms with Gasteiger partial charge in [0, 0.05) is 60.3 Å². The maximum atomic E-state index is 12.1. The highest BCUT2D eigenvalue weighted by Gasteiger charge is 2.42. The smallest absolute Gasteiger partial charge is 0.409 e. The zero-order chi connectivity index (χ0) is 22.0. The van der Waals surface area contributed by atoms with Crippen LogP contribution in [0.2, 0.25) is 5.02 Å². The van der Waals surface area contributed by atoms with Gasteiger partial charge in [-0.1, -0.05) is 29.8 Å². The van der Waals surface area contributed by atoms with E-state index in [-0.39, 0.29) is 23.6 Å². The van der Waals surface area contributed by atoms with Crippen LogP contribution in [-0.2, 0) is 4.74 Å². The van der Waals surface area contributed by atoms with Crippen molar-refractivity contribution in [1.82, 2.24) is 10.2 Å². The maximum Gasteiger partial charge on any atom is 0.409 e. The molecule has 1 spiro atoms. The summed E-state index contributed by atoms with van der Waals surface area (Å²) in [6, 6.07) is 11.9. The molecule has 1 atom stereocenters. The molecule has 2 aliphatic heterocycles. The van der Waals surface area contributed by atoms with Gasteiger partial charge in [-0.25, -0.2) is 4.79 Å². The molecule has 7 nitrogen and oxygen atoms in total. The molecule has 0 aliphatic carbocycles. The molecule has 0 saturated carbocycles. The Hall–Kier alpha value is -2.77. The minimum atomic E-state index is -0.627. The Kier molecular flexibility index (Phi) is 6.07. The number of nitrogens with one attached hydrogen (secondary N) is 1. The number of phenolic OH excluding ortho intramolecular Hbond substituents is 2. The first-order chi connectivity index (χ1) is 14.9. The standard InChI is InChI=1S/C23H26ClN3O4/c1-2-31-22(30)27-11-9-23(10-12-27)25-18(16-5-3-4-6-20(16)28)14-19(26-23)17-13-15(24)7-8-21(17)29/h3-8,13,18,25,28-29H,2,9-12,14H2,1H3. The number of likely N-dealkylation sites (tertiary alicyclic amines) is 1. The summed E-state index contributed by atoms with van der Waals surface area (Å²) in [5, 5.41) is 25.1. The molecule has 164 valence electrons. The molecule has 3 N–H and O–H groups in total. The first kappa shape index (κ1) is 21.5. The van der Waals surface area contributed by atoms with Gasteiger partial charge in [0.1, 0.15) is 17.2 Å². The van der Waals surface area contributed by atoms with E-state index in [4.69, 9.17) is 21.3 Å². The number of piperidine rings is 1. The molecule has 2 aromatic rings. The van der Waals surface area contributed by atoms with E-state index in [2.05, 4.69) is 5.32 Å². The van der Waals surface area contributed by atoms with E-state index < -0.39 is 5.66 Å². The van der Waals surface area contributed by atoms with Gasteiger partial charge in [0.05, 0.1) is 6.61 Å². The summed E-state index contributed by atoms with van der Waals surface area (Å²) < 4.78 is 5.13. The van der Waals surface area contributed by atoms with Gasteiger partial charge >= 0.3 is 6.09 Å². The number of carbonyl (C=O) groups is 1. The largest absolute Gasteiger partial charge is 0.508 e. The zero-order valence-corrected chi connectivity index (χ0v) is 18.1. The number of benzene rings is 2. The lowest BCUT2D eigenvalue weighted by Gasteiger charge is -2.45. The molecule has 8 heteroatoms. The highest BCUT2D eigenvalue weighted by Crippen LogP contribution is 2.39. The Labute approximate surface area is 186 Å². The molecule has 1 fully saturated rings. The molecule has 0 bridgehead atoms. The third kappa shape index (κ3) is 4.48. The number of halogens is 1. The average molecular weight is 444 g/mol. The van der Waals surface area contributed by atoms with Crippen molar-refractivity contribution in [3.05, 3.63) is 58.6 Å². The molecule has 2 aliphatic rings. The SMILES string of the molecule is CCOC(=O)N1CCC2(CC1)N=C(c1cc(Cl)ccc1O)CC(c1ccccc1O)N2. The van der Waals surface area contributed by atoms with Crippen molar-refractivity contribution >= 4 is 23.4 Å². The second-order valence-electron chi connectivity index (χ2n) is 7.90. The maximum absolute atomic E-state index is 12.1. The molecular formula is C23H26ClN3O4. The van der Waals surface area contributed by atoms with Crippen molar-refractivity contribution in [3.63, 3.8) is 0 Å². The summed E-state index contributed by atoms with van der Waals surface area (Å²) in [4.78, 5) is 18.8. The first-order valence-electron chi connectivity index (χ1n) is 10.5. The fourth-order valence-corrected chi connectivity index (χ4v) is 4.49. The second-order valence-corrected chi connectivity index (χ2v) is 8.33. The molecule has 4 rings (SSSR count). The molecule has 0 aromatic heterocycles. The van der Waals surface area contributed by atoms with Gasteiger partial charge in [0.25, 0.3) is 0 Å². The van der Waals surface area contributed by atoms with E-state index in [1.54, 1.807) is 42.2 Å². The van der Waals surface area contributed by atoms with Crippen LogP contribution in [0.15, 0.2) is 47.5 Å². The Morgan fingerprint density at radius 1 is 1.23 bits per heavy atom. The van der Waals surface area contributed by atoms with E-state index in [9.17, 15) is 15.0 Å². The van der Waals surface area contributed by atoms with Crippen LogP contribution in [0.4, 0.5) is 4.79 Å². The summed E-state index contributed by atoms with van der Waals surface area (Å²) in [7, 11) is 0. The monoisotopic (exact) mass is 443 g/mol. The van der Waals surface area contributed by atoms with Crippen LogP contribution in [0, 0.1) is 0 Å². The molecule has 1 amide bonds. The van der Waals surface area contributed by atoms with Crippen LogP contribution in [0.1, 0.15) is 43.4 Å². The van der Waals surface area contributed by atoms with Crippen LogP contribution in [-0.4, -0.2) is 52.3 Å². The Morgan fingerprint density at radius 3 is 2.68 bits per heavy atom. The van der Waals surface area contributed by atoms with Gasteiger partial charge in [-0.2, -0.15) is 0 Å². The van der Waals surface area contributed by atoms with E-state index in [0.717, 1.165) is 11.3 Å². The minimum Gasteiger partial charge on any atom is -0.508 e. The lowest BCUT2D eigenvalue weighted by Crippen LogP contribution is -2.56. The predicted octanol–water partition coefficient (Wildman–Crippen LogP) is 4.22. The van der Waals surface area contributed by atoms with E-state index in [1.165, 1.54) is 0 Å². The van der Waals surface area contributed by atoms with Crippen molar-refractivity contribution in [1.29, 1.82) is 0 Å². The number of aromatic hydroxyl groups is 2. The van der Waals surface area contributed by atoms with Crippen molar-refractivity contribution in [3.8, 4) is 11.5 Å². The van der Waals surface area contributed by atoms with Gasteiger partial charge in [0.2, 0.25) is 0 Å². The Balaban J connectivity index is 1.69. The average Bonchev–Trinajstić information content (AvgIpc) is 2.76. The van der Waals surface area contributed by atoms with Crippen molar-refractivity contribution in [2.45, 2.75) is 37.9 Å². The summed E-state index contributed by atoms with van der Waals surface area (Å²) in [5.74, 6) is 0.316. The molecule has 31 heavy (non-hydrogen) atoms. The van der Waals surface area contributed by atoms with E-state index >= 15 is 0 Å². The number of rotatable bonds is 3. The quantitative estimate of drug-likeness (QED) is 0.660. The van der Waals surface area contributed by atoms with Gasteiger partial charge < -0.3 is 19.8 Å². The van der Waals surface area contributed by atoms with Crippen molar-refractivity contribution in [2.75, 3.05) is 19.7 Å². The number of aliphatic imine (C=N–C) groups is 1. The van der Waals surface area contributed by atoms with E-state index in [0.29, 0.717) is 49.5 Å². The summed E-state index contributed by atoms with van der Waals surface area (Å²) in [6.45, 7) is 3.12. The topological polar surface area (TPSA) is 94.4 Å². The normalized spacial score (nSPS) is 20.4. The highest BCUT2D eigenvalue weighted by atomic mass is 35.5. The number of para-hydroxylation sites is 1. The first-order valence-corrected chi connectivity index (χ1v) is 10.8. The third-order valence-electron chi connectivity index (χ3n) is 5.89. The van der Waals surface area contributed by atoms with Crippen molar-refractivity contribution < 1.29 is 19.7 Å². The third-order valence-corrected chi connectivity index (χ3v) is 6.12. The Bertz CT molecular complexity index is 1000. The van der Waals surface area contributed by atoms with Gasteiger partial charge in [-0.05, 0) is 31.2 Å². The second kappa shape index (κ2) is 8.77. The number of phenols is 2. The number of ether oxygens (including phenoxy) is 1. The molecule has 1 saturated heterocycles. The highest BCUT2D eigenvalue weighted by molar-refractivity contribution is 6.31. The molecule has 1 unspecified atom stereocenters. The van der Waals surface area contributed by atoms with Crippen LogP contribution in [0.5, 0.6) is 11.5 Å². The number of nitrogens with zero attached hydrogens (tertiary/aromatic N) is 2. The fraction of sp³-hybridized carbons (Fsp3) is 0.391. The summed E-state index contributed by atoms with van der Waals surface area (Å²) in [5.41, 5.74) is 1.44. The van der Waals surface area contributed by atoms with Crippen LogP contribution < -0.4 is 5.32 Å². The number of carbonyl (C=O) groups excluding carboxylic acids is 1. The van der Waals surface area contributed by atoms with E-state index in [1.807, 2.05) is 12.1 Å². The molecule has 0 radical (unpaired) electrons. The minimum absolute atomic E-state index is 0.111. The van der Waals surface area contributed by atoms with Gasteiger partial charge in [0.15, 0.2) is 0 Å². The molecule has 2 aromatic carbocycles. The lowest BCUT2D eigenvalue weighted by molar-refractivity contribution is 0.0778. The van der Waals surface area contributed by atoms with Crippen LogP contribution >= 0.6 is 11.6 Å². The molecular weight excluding hydrogens is 418 g/mol. The van der Waals surface area contributed by atoms with Crippen LogP contribution in [0.3, 0.4) is 0 Å². The zero-order valence-electron chi connectivity index (χ0n) is 17.3. The van der Waals surface area contributed by atoms with Gasteiger partial charge in [-0.3, -0.25) is 10.3 Å². The molecule has 2 heterocycles.